The lowest BCUT2D eigenvalue weighted by molar-refractivity contribution is 0.102. The molecule has 20 heavy (non-hydrogen) atoms. The van der Waals surface area contributed by atoms with Crippen LogP contribution in [0.5, 0.6) is 11.5 Å². The molecule has 0 aliphatic rings. The molecule has 0 unspecified atom stereocenters. The van der Waals surface area contributed by atoms with E-state index in [0.717, 1.165) is 5.56 Å². The maximum Gasteiger partial charge on any atom is 0.259 e. The Bertz CT molecular complexity index is 659. The molecule has 2 rings (SSSR count). The highest BCUT2D eigenvalue weighted by Crippen LogP contribution is 2.31. The third-order valence-corrected chi connectivity index (χ3v) is 3.18. The highest BCUT2D eigenvalue weighted by molar-refractivity contribution is 6.31. The molecule has 0 radical (unpaired) electrons. The number of aryl methyl sites for hydroxylation is 1. The standard InChI is InChI=1S/C14H13ClN2O3/c1-8-5-11(13(20-2)6-10(8)15)17-14(19)9-3-4-16-7-12(9)18/h3-7,18H,1-2H3,(H,17,19). The number of anilines is 1. The summed E-state index contributed by atoms with van der Waals surface area (Å²) in [6.07, 6.45) is 2.64. The second-order valence-corrected chi connectivity index (χ2v) is 4.56. The van der Waals surface area contributed by atoms with E-state index in [1.807, 2.05) is 6.92 Å². The van der Waals surface area contributed by atoms with Gasteiger partial charge in [-0.25, -0.2) is 0 Å². The molecule has 1 amide bonds. The molecule has 104 valence electrons. The lowest BCUT2D eigenvalue weighted by atomic mass is 10.2. The van der Waals surface area contributed by atoms with Crippen molar-refractivity contribution in [2.75, 3.05) is 12.4 Å². The van der Waals surface area contributed by atoms with Crippen molar-refractivity contribution in [3.05, 3.63) is 46.7 Å². The summed E-state index contributed by atoms with van der Waals surface area (Å²) in [5.74, 6) is -0.193. The number of nitrogens with one attached hydrogen (secondary N) is 1. The number of amides is 1. The molecule has 0 spiro atoms. The molecule has 1 aromatic heterocycles. The Balaban J connectivity index is 2.33. The summed E-state index contributed by atoms with van der Waals surface area (Å²) in [6, 6.07) is 4.76. The van der Waals surface area contributed by atoms with Gasteiger partial charge in [0.1, 0.15) is 11.5 Å². The van der Waals surface area contributed by atoms with Gasteiger partial charge in [0.2, 0.25) is 0 Å². The van der Waals surface area contributed by atoms with E-state index >= 15 is 0 Å². The van der Waals surface area contributed by atoms with Crippen LogP contribution in [0.25, 0.3) is 0 Å². The van der Waals surface area contributed by atoms with Crippen LogP contribution in [0.2, 0.25) is 5.02 Å². The van der Waals surface area contributed by atoms with Gasteiger partial charge in [-0.3, -0.25) is 9.78 Å². The van der Waals surface area contributed by atoms with Gasteiger partial charge in [0.05, 0.1) is 24.6 Å². The van der Waals surface area contributed by atoms with Gasteiger partial charge >= 0.3 is 0 Å². The summed E-state index contributed by atoms with van der Waals surface area (Å²) < 4.78 is 5.17. The molecule has 1 aromatic carbocycles. The summed E-state index contributed by atoms with van der Waals surface area (Å²) in [5, 5.41) is 12.8. The number of ether oxygens (including phenoxy) is 1. The molecule has 5 nitrogen and oxygen atoms in total. The predicted molar refractivity (Wildman–Crippen MR) is 76.6 cm³/mol. The fourth-order valence-electron chi connectivity index (χ4n) is 1.70. The Morgan fingerprint density at radius 3 is 2.85 bits per heavy atom. The van der Waals surface area contributed by atoms with Gasteiger partial charge in [0.25, 0.3) is 5.91 Å². The number of halogens is 1. The molecule has 2 aromatic rings. The maximum atomic E-state index is 12.1. The number of nitrogens with zero attached hydrogens (tertiary/aromatic N) is 1. The molecular formula is C14H13ClN2O3. The first-order chi connectivity index (χ1) is 9.52. The average molecular weight is 293 g/mol. The summed E-state index contributed by atoms with van der Waals surface area (Å²) in [6.45, 7) is 1.82. The first-order valence-corrected chi connectivity index (χ1v) is 6.19. The number of hydrogen-bond donors (Lipinski definition) is 2. The molecule has 0 saturated carbocycles. The van der Waals surface area contributed by atoms with Crippen LogP contribution in [-0.4, -0.2) is 23.1 Å². The molecule has 0 aliphatic carbocycles. The van der Waals surface area contributed by atoms with Crippen molar-refractivity contribution in [3.63, 3.8) is 0 Å². The van der Waals surface area contributed by atoms with Crippen LogP contribution in [0.3, 0.4) is 0 Å². The number of aromatic hydroxyl groups is 1. The second-order valence-electron chi connectivity index (χ2n) is 4.15. The highest BCUT2D eigenvalue weighted by atomic mass is 35.5. The van der Waals surface area contributed by atoms with Crippen LogP contribution >= 0.6 is 11.6 Å². The van der Waals surface area contributed by atoms with Crippen molar-refractivity contribution in [2.45, 2.75) is 6.92 Å². The third kappa shape index (κ3) is 2.83. The number of carbonyl (C=O) groups is 1. The Morgan fingerprint density at radius 1 is 1.45 bits per heavy atom. The minimum absolute atomic E-state index is 0.134. The fourth-order valence-corrected chi connectivity index (χ4v) is 1.85. The van der Waals surface area contributed by atoms with Crippen LogP contribution in [0.1, 0.15) is 15.9 Å². The van der Waals surface area contributed by atoms with Crippen LogP contribution in [0, 0.1) is 6.92 Å². The summed E-state index contributed by atoms with van der Waals surface area (Å²) >= 11 is 6.00. The Hall–Kier alpha value is -2.27. The van der Waals surface area contributed by atoms with E-state index in [-0.39, 0.29) is 11.3 Å². The largest absolute Gasteiger partial charge is 0.505 e. The van der Waals surface area contributed by atoms with Crippen molar-refractivity contribution in [2.24, 2.45) is 0 Å². The first kappa shape index (κ1) is 14.1. The summed E-state index contributed by atoms with van der Waals surface area (Å²) in [7, 11) is 1.49. The van der Waals surface area contributed by atoms with Crippen molar-refractivity contribution in [1.29, 1.82) is 0 Å². The highest BCUT2D eigenvalue weighted by Gasteiger charge is 2.14. The van der Waals surface area contributed by atoms with Gasteiger partial charge in [-0.15, -0.1) is 0 Å². The van der Waals surface area contributed by atoms with E-state index < -0.39 is 5.91 Å². The number of aromatic nitrogens is 1. The number of hydrogen-bond acceptors (Lipinski definition) is 4. The zero-order valence-electron chi connectivity index (χ0n) is 11.0. The first-order valence-electron chi connectivity index (χ1n) is 5.81. The molecule has 0 atom stereocenters. The number of benzene rings is 1. The normalized spacial score (nSPS) is 10.2. The van der Waals surface area contributed by atoms with E-state index in [1.165, 1.54) is 25.6 Å². The monoisotopic (exact) mass is 292 g/mol. The quantitative estimate of drug-likeness (QED) is 0.912. The predicted octanol–water partition coefficient (Wildman–Crippen LogP) is 3.01. The Labute approximate surface area is 121 Å². The van der Waals surface area contributed by atoms with Crippen molar-refractivity contribution in [1.82, 2.24) is 4.98 Å². The Kier molecular flexibility index (Phi) is 4.10. The molecule has 0 bridgehead atoms. The smallest absolute Gasteiger partial charge is 0.259 e. The van der Waals surface area contributed by atoms with Crippen molar-refractivity contribution >= 4 is 23.2 Å². The number of methoxy groups -OCH3 is 1. The van der Waals surface area contributed by atoms with E-state index in [2.05, 4.69) is 10.3 Å². The molecule has 1 heterocycles. The number of rotatable bonds is 3. The van der Waals surface area contributed by atoms with Gasteiger partial charge in [-0.1, -0.05) is 11.6 Å². The summed E-state index contributed by atoms with van der Waals surface area (Å²) in [5.41, 5.74) is 1.42. The topological polar surface area (TPSA) is 71.5 Å². The van der Waals surface area contributed by atoms with Crippen LogP contribution in [0.15, 0.2) is 30.6 Å². The van der Waals surface area contributed by atoms with Gasteiger partial charge in [0.15, 0.2) is 0 Å². The van der Waals surface area contributed by atoms with Gasteiger partial charge < -0.3 is 15.2 Å². The lowest BCUT2D eigenvalue weighted by Gasteiger charge is -2.12. The zero-order chi connectivity index (χ0) is 14.7. The SMILES string of the molecule is COc1cc(Cl)c(C)cc1NC(=O)c1ccncc1O. The zero-order valence-corrected chi connectivity index (χ0v) is 11.7. The summed E-state index contributed by atoms with van der Waals surface area (Å²) in [4.78, 5) is 15.8. The van der Waals surface area contributed by atoms with Gasteiger partial charge in [-0.2, -0.15) is 0 Å². The van der Waals surface area contributed by atoms with E-state index in [0.29, 0.717) is 16.5 Å². The van der Waals surface area contributed by atoms with Crippen molar-refractivity contribution in [3.8, 4) is 11.5 Å². The van der Waals surface area contributed by atoms with Crippen LogP contribution in [0.4, 0.5) is 5.69 Å². The molecule has 2 N–H and O–H groups in total. The van der Waals surface area contributed by atoms with Crippen LogP contribution < -0.4 is 10.1 Å². The van der Waals surface area contributed by atoms with Crippen LogP contribution in [-0.2, 0) is 0 Å². The fraction of sp³-hybridized carbons (Fsp3) is 0.143. The Morgan fingerprint density at radius 2 is 2.20 bits per heavy atom. The third-order valence-electron chi connectivity index (χ3n) is 2.77. The van der Waals surface area contributed by atoms with E-state index in [9.17, 15) is 9.90 Å². The lowest BCUT2D eigenvalue weighted by Crippen LogP contribution is -2.13. The minimum Gasteiger partial charge on any atom is -0.505 e. The van der Waals surface area contributed by atoms with E-state index in [1.54, 1.807) is 12.1 Å². The van der Waals surface area contributed by atoms with E-state index in [4.69, 9.17) is 16.3 Å². The minimum atomic E-state index is -0.454. The molecule has 0 aliphatic heterocycles. The van der Waals surface area contributed by atoms with Gasteiger partial charge in [0, 0.05) is 17.3 Å². The molecule has 0 fully saturated rings. The second kappa shape index (κ2) is 5.79. The number of carbonyl (C=O) groups excluding carboxylic acids is 1. The van der Waals surface area contributed by atoms with Crippen molar-refractivity contribution < 1.29 is 14.6 Å². The molecule has 0 saturated heterocycles. The maximum absolute atomic E-state index is 12.1. The molecule has 6 heteroatoms. The average Bonchev–Trinajstić information content (AvgIpc) is 2.43. The number of pyridine rings is 1. The molecular weight excluding hydrogens is 280 g/mol. The van der Waals surface area contributed by atoms with Gasteiger partial charge in [-0.05, 0) is 24.6 Å².